The van der Waals surface area contributed by atoms with Crippen LogP contribution in [0.3, 0.4) is 0 Å². The Balaban J connectivity index is 1.57. The van der Waals surface area contributed by atoms with E-state index in [1.807, 2.05) is 16.4 Å². The van der Waals surface area contributed by atoms with Crippen LogP contribution >= 0.6 is 0 Å². The van der Waals surface area contributed by atoms with E-state index in [0.29, 0.717) is 30.5 Å². The Labute approximate surface area is 201 Å². The van der Waals surface area contributed by atoms with E-state index in [0.717, 1.165) is 44.0 Å². The highest BCUT2D eigenvalue weighted by molar-refractivity contribution is 5.90. The smallest absolute Gasteiger partial charge is 0.226 e. The van der Waals surface area contributed by atoms with Gasteiger partial charge in [-0.05, 0) is 63.8 Å². The van der Waals surface area contributed by atoms with E-state index in [9.17, 15) is 19.2 Å². The van der Waals surface area contributed by atoms with E-state index < -0.39 is 0 Å². The summed E-state index contributed by atoms with van der Waals surface area (Å²) in [5.41, 5.74) is 1.25. The third kappa shape index (κ3) is 5.02. The molecule has 1 amide bonds. The Morgan fingerprint density at radius 3 is 2.68 bits per heavy atom. The monoisotopic (exact) mass is 466 g/mol. The molecule has 1 saturated heterocycles. The Morgan fingerprint density at radius 1 is 1.21 bits per heavy atom. The number of carbonyl (C=O) groups is 2. The number of aromatic nitrogens is 1. The van der Waals surface area contributed by atoms with Crippen molar-refractivity contribution in [3.05, 3.63) is 35.8 Å². The van der Waals surface area contributed by atoms with Gasteiger partial charge >= 0.3 is 0 Å². The summed E-state index contributed by atoms with van der Waals surface area (Å²) in [6, 6.07) is 6.42. The zero-order chi connectivity index (χ0) is 24.2. The molecule has 0 bridgehead atoms. The highest BCUT2D eigenvalue weighted by Crippen LogP contribution is 2.35. The van der Waals surface area contributed by atoms with Crippen molar-refractivity contribution < 1.29 is 14.0 Å². The summed E-state index contributed by atoms with van der Waals surface area (Å²) >= 11 is 0. The number of Topliss-reactive ketones (excluding diaryl/α,β-unsaturated/α-hetero) is 1. The van der Waals surface area contributed by atoms with E-state index in [1.165, 1.54) is 18.6 Å². The van der Waals surface area contributed by atoms with E-state index >= 15 is 0 Å². The molecule has 7 heteroatoms. The van der Waals surface area contributed by atoms with Gasteiger partial charge in [0.15, 0.2) is 0 Å². The predicted octanol–water partition coefficient (Wildman–Crippen LogP) is 4.41. The molecule has 1 aliphatic heterocycles. The molecule has 1 aromatic heterocycles. The number of halogens is 1. The predicted molar refractivity (Wildman–Crippen MR) is 130 cm³/mol. The Bertz CT molecular complexity index is 1080. The number of rotatable bonds is 8. The van der Waals surface area contributed by atoms with Gasteiger partial charge in [0.25, 0.3) is 0 Å². The average Bonchev–Trinajstić information content (AvgIpc) is 3.46. The summed E-state index contributed by atoms with van der Waals surface area (Å²) in [5, 5.41) is 13.1. The molecule has 1 aliphatic carbocycles. The Morgan fingerprint density at radius 2 is 1.97 bits per heavy atom. The van der Waals surface area contributed by atoms with Crippen LogP contribution < -0.4 is 5.32 Å². The first-order valence-corrected chi connectivity index (χ1v) is 12.6. The van der Waals surface area contributed by atoms with Crippen LogP contribution in [-0.4, -0.2) is 46.8 Å². The fraction of sp³-hybridized carbons (Fsp3) is 0.593. The number of fused-ring (bicyclic) bond motifs is 1. The molecule has 2 fully saturated rings. The molecule has 1 N–H and O–H groups in total. The van der Waals surface area contributed by atoms with Gasteiger partial charge in [0.2, 0.25) is 5.91 Å². The van der Waals surface area contributed by atoms with Crippen molar-refractivity contribution in [3.63, 3.8) is 0 Å². The molecule has 182 valence electrons. The first-order valence-electron chi connectivity index (χ1n) is 12.6. The topological polar surface area (TPSA) is 78.1 Å². The average molecular weight is 467 g/mol. The maximum Gasteiger partial charge on any atom is 0.226 e. The molecular formula is C27H35FN4O2. The summed E-state index contributed by atoms with van der Waals surface area (Å²) in [5.74, 6) is -0.172. The molecule has 2 aliphatic rings. The van der Waals surface area contributed by atoms with Crippen LogP contribution in [0.1, 0.15) is 63.9 Å². The SMILES string of the molecule is CN[C@@H](C)C(=O)C[C@H](C(=O)N1CCC[C@H]1Cn1cc(C#N)c2cc(F)ccc21)C1CCCCC1. The number of ketones is 1. The van der Waals surface area contributed by atoms with Crippen LogP contribution in [0.2, 0.25) is 0 Å². The molecule has 0 unspecified atom stereocenters. The summed E-state index contributed by atoms with van der Waals surface area (Å²) in [4.78, 5) is 28.7. The van der Waals surface area contributed by atoms with Gasteiger partial charge in [0.1, 0.15) is 17.7 Å². The summed E-state index contributed by atoms with van der Waals surface area (Å²) in [7, 11) is 1.78. The molecule has 6 nitrogen and oxygen atoms in total. The minimum absolute atomic E-state index is 0.00242. The molecule has 1 saturated carbocycles. The lowest BCUT2D eigenvalue weighted by atomic mass is 9.76. The van der Waals surface area contributed by atoms with Crippen LogP contribution in [0.4, 0.5) is 4.39 Å². The molecule has 2 heterocycles. The van der Waals surface area contributed by atoms with Crippen LogP contribution in [0.15, 0.2) is 24.4 Å². The zero-order valence-corrected chi connectivity index (χ0v) is 20.2. The molecule has 1 aromatic carbocycles. The van der Waals surface area contributed by atoms with Gasteiger partial charge in [-0.25, -0.2) is 4.39 Å². The first kappa shape index (κ1) is 24.4. The molecule has 0 spiro atoms. The first-order chi connectivity index (χ1) is 16.4. The third-order valence-electron chi connectivity index (χ3n) is 7.90. The van der Waals surface area contributed by atoms with Crippen LogP contribution in [-0.2, 0) is 16.1 Å². The van der Waals surface area contributed by atoms with Gasteiger partial charge in [0, 0.05) is 48.6 Å². The standard InChI is InChI=1S/C27H35FN4O2/c1-18(30-2)26(33)14-24(19-7-4-3-5-8-19)27(34)32-12-6-9-22(32)17-31-16-20(15-29)23-13-21(28)10-11-25(23)31/h10-11,13,16,18-19,22,24,30H,3-9,12,14,17H2,1-2H3/t18-,22-,24-/m0/s1. The number of amides is 1. The maximum atomic E-state index is 13.9. The lowest BCUT2D eigenvalue weighted by Crippen LogP contribution is -2.45. The van der Waals surface area contributed by atoms with Crippen molar-refractivity contribution in [3.8, 4) is 6.07 Å². The van der Waals surface area contributed by atoms with Crippen LogP contribution in [0, 0.1) is 29.0 Å². The number of likely N-dealkylation sites (tertiary alicyclic amines) is 1. The van der Waals surface area contributed by atoms with E-state index in [2.05, 4.69) is 11.4 Å². The van der Waals surface area contributed by atoms with Gasteiger partial charge in [-0.1, -0.05) is 19.3 Å². The fourth-order valence-electron chi connectivity index (χ4n) is 5.81. The molecular weight excluding hydrogens is 431 g/mol. The zero-order valence-electron chi connectivity index (χ0n) is 20.2. The van der Waals surface area contributed by atoms with Crippen molar-refractivity contribution in [1.29, 1.82) is 5.26 Å². The molecule has 0 radical (unpaired) electrons. The number of nitrogens with one attached hydrogen (secondary N) is 1. The van der Waals surface area contributed by atoms with Crippen LogP contribution in [0.25, 0.3) is 10.9 Å². The highest BCUT2D eigenvalue weighted by atomic mass is 19.1. The molecule has 34 heavy (non-hydrogen) atoms. The molecule has 2 aromatic rings. The minimum atomic E-state index is -0.366. The molecule has 4 rings (SSSR count). The van der Waals surface area contributed by atoms with Crippen molar-refractivity contribution in [2.45, 2.75) is 76.9 Å². The molecule has 3 atom stereocenters. The highest BCUT2D eigenvalue weighted by Gasteiger charge is 2.39. The summed E-state index contributed by atoms with van der Waals surface area (Å²) < 4.78 is 15.8. The number of nitriles is 1. The van der Waals surface area contributed by atoms with Crippen molar-refractivity contribution in [2.75, 3.05) is 13.6 Å². The van der Waals surface area contributed by atoms with Crippen LogP contribution in [0.5, 0.6) is 0 Å². The lowest BCUT2D eigenvalue weighted by molar-refractivity contribution is -0.141. The van der Waals surface area contributed by atoms with Gasteiger partial charge in [-0.3, -0.25) is 9.59 Å². The van der Waals surface area contributed by atoms with Gasteiger partial charge in [-0.2, -0.15) is 5.26 Å². The van der Waals surface area contributed by atoms with E-state index in [4.69, 9.17) is 0 Å². The van der Waals surface area contributed by atoms with Gasteiger partial charge in [-0.15, -0.1) is 0 Å². The lowest BCUT2D eigenvalue weighted by Gasteiger charge is -2.35. The Kier molecular flexibility index (Phi) is 7.67. The maximum absolute atomic E-state index is 13.9. The van der Waals surface area contributed by atoms with E-state index in [-0.39, 0.29) is 41.4 Å². The normalized spacial score (nSPS) is 20.9. The second kappa shape index (κ2) is 10.7. The second-order valence-corrected chi connectivity index (χ2v) is 9.98. The van der Waals surface area contributed by atoms with Crippen molar-refractivity contribution in [1.82, 2.24) is 14.8 Å². The number of hydrogen-bond donors (Lipinski definition) is 1. The number of hydrogen-bond acceptors (Lipinski definition) is 4. The van der Waals surface area contributed by atoms with Gasteiger partial charge < -0.3 is 14.8 Å². The van der Waals surface area contributed by atoms with Crippen molar-refractivity contribution in [2.24, 2.45) is 11.8 Å². The Hall–Kier alpha value is -2.72. The van der Waals surface area contributed by atoms with E-state index in [1.54, 1.807) is 19.3 Å². The largest absolute Gasteiger partial charge is 0.344 e. The van der Waals surface area contributed by atoms with Gasteiger partial charge in [0.05, 0.1) is 11.6 Å². The number of benzene rings is 1. The second-order valence-electron chi connectivity index (χ2n) is 9.98. The summed E-state index contributed by atoms with van der Waals surface area (Å²) in [6.45, 7) is 3.12. The number of likely N-dealkylation sites (N-methyl/N-ethyl adjacent to an activating group) is 1. The number of nitrogens with zero attached hydrogens (tertiary/aromatic N) is 3. The minimum Gasteiger partial charge on any atom is -0.344 e. The van der Waals surface area contributed by atoms with Crippen molar-refractivity contribution >= 4 is 22.6 Å². The third-order valence-corrected chi connectivity index (χ3v) is 7.90. The summed E-state index contributed by atoms with van der Waals surface area (Å²) in [6.07, 6.45) is 9.33. The number of carbonyl (C=O) groups excluding carboxylic acids is 2. The fourth-order valence-corrected chi connectivity index (χ4v) is 5.81. The quantitative estimate of drug-likeness (QED) is 0.625.